The lowest BCUT2D eigenvalue weighted by molar-refractivity contribution is -0.117. The molecule has 0 unspecified atom stereocenters. The van der Waals surface area contributed by atoms with Crippen LogP contribution in [-0.4, -0.2) is 15.8 Å². The number of aromatic nitrogens is 2. The molecule has 0 radical (unpaired) electrons. The summed E-state index contributed by atoms with van der Waals surface area (Å²) in [5.41, 5.74) is 0.862. The summed E-state index contributed by atoms with van der Waals surface area (Å²) < 4.78 is 0. The van der Waals surface area contributed by atoms with Crippen molar-refractivity contribution in [1.82, 2.24) is 9.97 Å². The molecule has 0 saturated heterocycles. The monoisotopic (exact) mass is 234 g/mol. The van der Waals surface area contributed by atoms with Gasteiger partial charge in [-0.05, 0) is 11.6 Å². The second-order valence-electron chi connectivity index (χ2n) is 3.52. The summed E-state index contributed by atoms with van der Waals surface area (Å²) in [6, 6.07) is 7.38. The molecule has 0 bridgehead atoms. The van der Waals surface area contributed by atoms with E-state index in [0.717, 1.165) is 5.56 Å². The summed E-state index contributed by atoms with van der Waals surface area (Å²) in [6.07, 6.45) is 4.01. The van der Waals surface area contributed by atoms with Crippen LogP contribution >= 0.6 is 11.6 Å². The zero-order valence-corrected chi connectivity index (χ0v) is 9.37. The molecule has 1 heterocycles. The van der Waals surface area contributed by atoms with Crippen molar-refractivity contribution in [1.29, 1.82) is 0 Å². The maximum Gasteiger partial charge on any atom is 0.144 e. The van der Waals surface area contributed by atoms with Crippen LogP contribution in [0.25, 0.3) is 0 Å². The van der Waals surface area contributed by atoms with E-state index in [9.17, 15) is 4.79 Å². The van der Waals surface area contributed by atoms with E-state index in [-0.39, 0.29) is 5.78 Å². The van der Waals surface area contributed by atoms with Crippen LogP contribution in [0.3, 0.4) is 0 Å². The lowest BCUT2D eigenvalue weighted by Gasteiger charge is -2.02. The van der Waals surface area contributed by atoms with Crippen molar-refractivity contribution in [3.8, 4) is 0 Å². The highest BCUT2D eigenvalue weighted by Crippen LogP contribution is 2.15. The molecule has 0 fully saturated rings. The second-order valence-corrected chi connectivity index (χ2v) is 3.93. The Hall–Kier alpha value is -1.61. The highest BCUT2D eigenvalue weighted by molar-refractivity contribution is 6.31. The summed E-state index contributed by atoms with van der Waals surface area (Å²) >= 11 is 5.97. The Morgan fingerprint density at radius 2 is 2.12 bits per heavy atom. The Balaban J connectivity index is 2.00. The van der Waals surface area contributed by atoms with Crippen LogP contribution < -0.4 is 0 Å². The normalized spacial score (nSPS) is 10.3. The first kappa shape index (κ1) is 10.9. The molecule has 1 aromatic heterocycles. The third-order valence-corrected chi connectivity index (χ3v) is 2.63. The van der Waals surface area contributed by atoms with Crippen molar-refractivity contribution in [2.45, 2.75) is 12.8 Å². The SMILES string of the molecule is O=C(Cc1ncc[nH]1)Cc1ccccc1Cl. The molecule has 16 heavy (non-hydrogen) atoms. The second kappa shape index (κ2) is 4.94. The number of carbonyl (C=O) groups is 1. The number of rotatable bonds is 4. The van der Waals surface area contributed by atoms with Crippen molar-refractivity contribution in [2.75, 3.05) is 0 Å². The van der Waals surface area contributed by atoms with Gasteiger partial charge in [0.2, 0.25) is 0 Å². The maximum atomic E-state index is 11.7. The van der Waals surface area contributed by atoms with E-state index in [2.05, 4.69) is 9.97 Å². The molecule has 2 aromatic rings. The van der Waals surface area contributed by atoms with Crippen LogP contribution in [0.2, 0.25) is 5.02 Å². The lowest BCUT2D eigenvalue weighted by Crippen LogP contribution is -2.08. The highest BCUT2D eigenvalue weighted by atomic mass is 35.5. The number of nitrogens with one attached hydrogen (secondary N) is 1. The molecule has 0 saturated carbocycles. The Morgan fingerprint density at radius 1 is 1.31 bits per heavy atom. The molecule has 0 atom stereocenters. The van der Waals surface area contributed by atoms with Gasteiger partial charge in [-0.1, -0.05) is 29.8 Å². The van der Waals surface area contributed by atoms with Crippen molar-refractivity contribution in [2.24, 2.45) is 0 Å². The van der Waals surface area contributed by atoms with Gasteiger partial charge in [0, 0.05) is 23.8 Å². The molecule has 0 aliphatic rings. The third-order valence-electron chi connectivity index (χ3n) is 2.26. The average Bonchev–Trinajstić information content (AvgIpc) is 2.74. The van der Waals surface area contributed by atoms with Gasteiger partial charge in [0.05, 0.1) is 6.42 Å². The number of halogens is 1. The first-order valence-electron chi connectivity index (χ1n) is 4.99. The summed E-state index contributed by atoms with van der Waals surface area (Å²) in [5, 5.41) is 0.635. The van der Waals surface area contributed by atoms with Gasteiger partial charge in [0.1, 0.15) is 11.6 Å². The fraction of sp³-hybridized carbons (Fsp3) is 0.167. The van der Waals surface area contributed by atoms with Crippen LogP contribution in [0.5, 0.6) is 0 Å². The minimum absolute atomic E-state index is 0.100. The molecule has 0 spiro atoms. The Bertz CT molecular complexity index is 480. The van der Waals surface area contributed by atoms with Gasteiger partial charge in [-0.3, -0.25) is 4.79 Å². The van der Waals surface area contributed by atoms with E-state index in [0.29, 0.717) is 23.7 Å². The van der Waals surface area contributed by atoms with Crippen LogP contribution in [0.1, 0.15) is 11.4 Å². The zero-order chi connectivity index (χ0) is 11.4. The van der Waals surface area contributed by atoms with Crippen molar-refractivity contribution >= 4 is 17.4 Å². The van der Waals surface area contributed by atoms with E-state index in [4.69, 9.17) is 11.6 Å². The number of aromatic amines is 1. The highest BCUT2D eigenvalue weighted by Gasteiger charge is 2.08. The van der Waals surface area contributed by atoms with Crippen molar-refractivity contribution in [3.05, 3.63) is 53.1 Å². The van der Waals surface area contributed by atoms with Gasteiger partial charge in [-0.2, -0.15) is 0 Å². The molecule has 3 nitrogen and oxygen atoms in total. The summed E-state index contributed by atoms with van der Waals surface area (Å²) in [5.74, 6) is 0.792. The number of ketones is 1. The number of hydrogen-bond acceptors (Lipinski definition) is 2. The summed E-state index contributed by atoms with van der Waals surface area (Å²) in [6.45, 7) is 0. The molecule has 82 valence electrons. The number of nitrogens with zero attached hydrogens (tertiary/aromatic N) is 1. The van der Waals surface area contributed by atoms with E-state index >= 15 is 0 Å². The quantitative estimate of drug-likeness (QED) is 0.883. The molecule has 1 aromatic carbocycles. The van der Waals surface area contributed by atoms with Gasteiger partial charge in [-0.25, -0.2) is 4.98 Å². The Kier molecular flexibility index (Phi) is 3.37. The topological polar surface area (TPSA) is 45.8 Å². The van der Waals surface area contributed by atoms with Crippen molar-refractivity contribution in [3.63, 3.8) is 0 Å². The molecule has 0 aliphatic heterocycles. The molecular weight excluding hydrogens is 224 g/mol. The summed E-state index contributed by atoms with van der Waals surface area (Å²) in [7, 11) is 0. The number of imidazole rings is 1. The minimum Gasteiger partial charge on any atom is -0.348 e. The molecule has 0 aliphatic carbocycles. The first-order chi connectivity index (χ1) is 7.75. The number of H-pyrrole nitrogens is 1. The van der Waals surface area contributed by atoms with E-state index in [1.165, 1.54) is 0 Å². The van der Waals surface area contributed by atoms with Gasteiger partial charge in [0.25, 0.3) is 0 Å². The molecule has 2 rings (SSSR count). The van der Waals surface area contributed by atoms with Crippen LogP contribution in [-0.2, 0) is 17.6 Å². The van der Waals surface area contributed by atoms with Crippen LogP contribution in [0.15, 0.2) is 36.7 Å². The number of Topliss-reactive ketones (excluding diaryl/α,β-unsaturated/α-hetero) is 1. The number of benzene rings is 1. The van der Waals surface area contributed by atoms with Gasteiger partial charge in [0.15, 0.2) is 0 Å². The smallest absolute Gasteiger partial charge is 0.144 e. The fourth-order valence-corrected chi connectivity index (χ4v) is 1.70. The number of hydrogen-bond donors (Lipinski definition) is 1. The van der Waals surface area contributed by atoms with Crippen LogP contribution in [0.4, 0.5) is 0 Å². The van der Waals surface area contributed by atoms with E-state index in [1.807, 2.05) is 18.2 Å². The Labute approximate surface area is 98.5 Å². The summed E-state index contributed by atoms with van der Waals surface area (Å²) in [4.78, 5) is 18.6. The molecule has 1 N–H and O–H groups in total. The fourth-order valence-electron chi connectivity index (χ4n) is 1.50. The van der Waals surface area contributed by atoms with Crippen molar-refractivity contribution < 1.29 is 4.79 Å². The van der Waals surface area contributed by atoms with Crippen LogP contribution in [0, 0.1) is 0 Å². The van der Waals surface area contributed by atoms with E-state index < -0.39 is 0 Å². The molecule has 4 heteroatoms. The van der Waals surface area contributed by atoms with Gasteiger partial charge in [-0.15, -0.1) is 0 Å². The average molecular weight is 235 g/mol. The largest absolute Gasteiger partial charge is 0.348 e. The zero-order valence-electron chi connectivity index (χ0n) is 8.61. The van der Waals surface area contributed by atoms with Gasteiger partial charge < -0.3 is 4.98 Å². The molecule has 0 amide bonds. The molecular formula is C12H11ClN2O. The predicted molar refractivity (Wildman–Crippen MR) is 62.5 cm³/mol. The maximum absolute atomic E-state index is 11.7. The Morgan fingerprint density at radius 3 is 2.81 bits per heavy atom. The lowest BCUT2D eigenvalue weighted by atomic mass is 10.1. The standard InChI is InChI=1S/C12H11ClN2O/c13-11-4-2-1-3-9(11)7-10(16)8-12-14-5-6-15-12/h1-6H,7-8H2,(H,14,15). The van der Waals surface area contributed by atoms with E-state index in [1.54, 1.807) is 18.5 Å². The first-order valence-corrected chi connectivity index (χ1v) is 5.37. The van der Waals surface area contributed by atoms with Gasteiger partial charge >= 0.3 is 0 Å². The predicted octanol–water partition coefficient (Wildman–Crippen LogP) is 2.42. The minimum atomic E-state index is 0.100. The third kappa shape index (κ3) is 2.70. The number of carbonyl (C=O) groups excluding carboxylic acids is 1.